The first-order valence-corrected chi connectivity index (χ1v) is 22.9. The first-order valence-electron chi connectivity index (χ1n) is 20.4. The molecule has 60 heavy (non-hydrogen) atoms. The first-order chi connectivity index (χ1) is 28.8. The van der Waals surface area contributed by atoms with Crippen molar-refractivity contribution in [2.24, 2.45) is 0 Å². The van der Waals surface area contributed by atoms with Gasteiger partial charge in [-0.05, 0) is 25.7 Å². The first kappa shape index (κ1) is 52.4. The molecule has 4 aliphatic heterocycles. The molecule has 14 N–H and O–H groups in total. The van der Waals surface area contributed by atoms with Crippen molar-refractivity contribution in [3.8, 4) is 0 Å². The van der Waals surface area contributed by atoms with Crippen LogP contribution in [0.15, 0.2) is 0 Å². The fourth-order valence-corrected chi connectivity index (χ4v) is 9.38. The van der Waals surface area contributed by atoms with Gasteiger partial charge < -0.3 is 109 Å². The predicted molar refractivity (Wildman–Crippen MR) is 207 cm³/mol. The van der Waals surface area contributed by atoms with Crippen molar-refractivity contribution in [1.29, 1.82) is 0 Å². The normalized spacial score (nSPS) is 42.7. The molecule has 0 unspecified atom stereocenters. The van der Waals surface area contributed by atoms with E-state index in [1.165, 1.54) is 0 Å². The number of aliphatic hydroxyl groups is 14. The van der Waals surface area contributed by atoms with E-state index in [2.05, 4.69) is 0 Å². The summed E-state index contributed by atoms with van der Waals surface area (Å²) >= 11 is 0. The molecule has 4 rings (SSSR count). The van der Waals surface area contributed by atoms with Crippen LogP contribution in [0, 0.1) is 0 Å². The average molecular weight is 915 g/mol. The SMILES string of the molecule is OC[C@H]1O[C@H](O[C@@H]2[C@@H](OCCCCCCSSCCCCCCO[C@H]3O[C@H](CO)[C@@H](O)[C@H](O)[C@@H]3O[C@H]3O[C@H](CO)[C@@H](O)[C@H](O)[C@@H]3O)O[C@H](CO)[C@@H](O)[C@@H]2O)[C@@H](O)[C@@H](O)[C@@H]1O. The number of hydrogen-bond donors (Lipinski definition) is 14. The van der Waals surface area contributed by atoms with E-state index in [0.717, 1.165) is 50.0 Å². The van der Waals surface area contributed by atoms with Gasteiger partial charge in [0.25, 0.3) is 0 Å². The minimum absolute atomic E-state index is 0.186. The molecule has 24 heteroatoms. The maximum Gasteiger partial charge on any atom is 0.187 e. The van der Waals surface area contributed by atoms with Gasteiger partial charge in [-0.1, -0.05) is 47.3 Å². The minimum atomic E-state index is -1.75. The molecule has 4 aliphatic rings. The van der Waals surface area contributed by atoms with E-state index in [1.807, 2.05) is 0 Å². The highest BCUT2D eigenvalue weighted by Crippen LogP contribution is 2.32. The van der Waals surface area contributed by atoms with E-state index in [-0.39, 0.29) is 13.2 Å². The lowest BCUT2D eigenvalue weighted by atomic mass is 9.97. The Balaban J connectivity index is 1.06. The molecule has 22 nitrogen and oxygen atoms in total. The molecule has 4 saturated heterocycles. The summed E-state index contributed by atoms with van der Waals surface area (Å²) in [5.74, 6) is 1.87. The lowest BCUT2D eigenvalue weighted by Crippen LogP contribution is -2.64. The van der Waals surface area contributed by atoms with E-state index in [4.69, 9.17) is 37.9 Å². The second-order valence-corrected chi connectivity index (χ2v) is 17.9. The van der Waals surface area contributed by atoms with E-state index in [0.29, 0.717) is 12.8 Å². The Morgan fingerprint density at radius 1 is 0.333 bits per heavy atom. The van der Waals surface area contributed by atoms with Crippen LogP contribution in [0.4, 0.5) is 0 Å². The van der Waals surface area contributed by atoms with Crippen LogP contribution in [-0.2, 0) is 37.9 Å². The molecule has 0 aromatic carbocycles. The van der Waals surface area contributed by atoms with Gasteiger partial charge in [-0.25, -0.2) is 0 Å². The molecule has 0 bridgehead atoms. The molecule has 0 aliphatic carbocycles. The zero-order valence-electron chi connectivity index (χ0n) is 33.2. The van der Waals surface area contributed by atoms with Gasteiger partial charge in [-0.15, -0.1) is 0 Å². The molecule has 4 heterocycles. The number of unbranched alkanes of at least 4 members (excludes halogenated alkanes) is 6. The highest BCUT2D eigenvalue weighted by Gasteiger charge is 2.52. The summed E-state index contributed by atoms with van der Waals surface area (Å²) in [6, 6.07) is 0. The topological polar surface area (TPSA) is 357 Å². The summed E-state index contributed by atoms with van der Waals surface area (Å²) < 4.78 is 44.9. The summed E-state index contributed by atoms with van der Waals surface area (Å²) in [6.07, 6.45) is -23.3. The quantitative estimate of drug-likeness (QED) is 0.0301. The fourth-order valence-electron chi connectivity index (χ4n) is 7.09. The van der Waals surface area contributed by atoms with Crippen molar-refractivity contribution in [2.45, 2.75) is 174 Å². The third-order valence-electron chi connectivity index (χ3n) is 10.8. The van der Waals surface area contributed by atoms with Gasteiger partial charge in [0.05, 0.1) is 26.4 Å². The maximum absolute atomic E-state index is 10.7. The monoisotopic (exact) mass is 914 g/mol. The minimum Gasteiger partial charge on any atom is -0.394 e. The molecule has 0 aromatic heterocycles. The third-order valence-corrected chi connectivity index (χ3v) is 13.4. The fraction of sp³-hybridized carbons (Fsp3) is 1.00. The molecular formula is C36H66O22S2. The predicted octanol–water partition coefficient (Wildman–Crippen LogP) is -5.23. The van der Waals surface area contributed by atoms with Gasteiger partial charge in [0.1, 0.15) is 97.7 Å². The molecule has 0 amide bonds. The summed E-state index contributed by atoms with van der Waals surface area (Å²) in [4.78, 5) is 0. The van der Waals surface area contributed by atoms with Crippen LogP contribution < -0.4 is 0 Å². The van der Waals surface area contributed by atoms with Crippen molar-refractivity contribution < 1.29 is 109 Å². The largest absolute Gasteiger partial charge is 0.394 e. The van der Waals surface area contributed by atoms with Gasteiger partial charge in [0.2, 0.25) is 0 Å². The van der Waals surface area contributed by atoms with Crippen LogP contribution in [0.25, 0.3) is 0 Å². The highest BCUT2D eigenvalue weighted by atomic mass is 33.1. The third kappa shape index (κ3) is 14.2. The van der Waals surface area contributed by atoms with Gasteiger partial charge in [0, 0.05) is 24.7 Å². The van der Waals surface area contributed by atoms with Gasteiger partial charge in [-0.3, -0.25) is 0 Å². The van der Waals surface area contributed by atoms with Crippen LogP contribution in [0.5, 0.6) is 0 Å². The van der Waals surface area contributed by atoms with E-state index < -0.39 is 149 Å². The lowest BCUT2D eigenvalue weighted by molar-refractivity contribution is -0.367. The number of rotatable bonds is 25. The van der Waals surface area contributed by atoms with Gasteiger partial charge >= 0.3 is 0 Å². The molecule has 0 radical (unpaired) electrons. The molecular weight excluding hydrogens is 849 g/mol. The van der Waals surface area contributed by atoms with Crippen LogP contribution in [0.3, 0.4) is 0 Å². The Bertz CT molecular complexity index is 1080. The molecule has 354 valence electrons. The summed E-state index contributed by atoms with van der Waals surface area (Å²) in [7, 11) is 3.54. The maximum atomic E-state index is 10.7. The van der Waals surface area contributed by atoms with Crippen LogP contribution in [0.2, 0.25) is 0 Å². The number of aliphatic hydroxyl groups excluding tert-OH is 14. The van der Waals surface area contributed by atoms with Crippen molar-refractivity contribution in [2.75, 3.05) is 51.1 Å². The van der Waals surface area contributed by atoms with Crippen molar-refractivity contribution >= 4 is 21.6 Å². The van der Waals surface area contributed by atoms with E-state index in [9.17, 15) is 71.5 Å². The second kappa shape index (κ2) is 26.7. The van der Waals surface area contributed by atoms with Crippen LogP contribution in [0.1, 0.15) is 51.4 Å². The summed E-state index contributed by atoms with van der Waals surface area (Å²) in [5, 5.41) is 142. The number of ether oxygens (including phenoxy) is 8. The molecule has 0 saturated carbocycles. The Labute approximate surface area is 355 Å². The van der Waals surface area contributed by atoms with Crippen LogP contribution >= 0.6 is 21.6 Å². The van der Waals surface area contributed by atoms with Crippen molar-refractivity contribution in [1.82, 2.24) is 0 Å². The molecule has 4 fully saturated rings. The zero-order chi connectivity index (χ0) is 43.9. The molecule has 20 atom stereocenters. The van der Waals surface area contributed by atoms with Crippen LogP contribution in [-0.4, -0.2) is 245 Å². The Kier molecular flexibility index (Phi) is 23.3. The van der Waals surface area contributed by atoms with Gasteiger partial charge in [0.15, 0.2) is 25.2 Å². The standard InChI is InChI=1S/C36H66O22S2/c37-13-17-21(41)25(45)29(49)33(53-17)57-31-27(47)23(43)19(15-39)55-35(31)51-9-5-1-3-7-11-59-60-12-8-4-2-6-10-52-36-32(28(48)24(44)20(16-40)56-36)58-34-30(50)26(46)22(42)18(14-38)54-34/h17-50H,1-16H2/t17-,18-,19-,20-,21-,22-,23-,24-,25+,26+,27+,28+,29+,30+,31+,32+,33-,34-,35+,36+/m1/s1. The average Bonchev–Trinajstić information content (AvgIpc) is 3.25. The second-order valence-electron chi connectivity index (χ2n) is 15.2. The van der Waals surface area contributed by atoms with Crippen molar-refractivity contribution in [3.63, 3.8) is 0 Å². The van der Waals surface area contributed by atoms with E-state index in [1.54, 1.807) is 21.6 Å². The zero-order valence-corrected chi connectivity index (χ0v) is 34.8. The summed E-state index contributed by atoms with van der Waals surface area (Å²) in [6.45, 7) is -2.23. The lowest BCUT2D eigenvalue weighted by Gasteiger charge is -2.45. The molecule has 0 spiro atoms. The van der Waals surface area contributed by atoms with Gasteiger partial charge in [-0.2, -0.15) is 0 Å². The number of hydrogen-bond acceptors (Lipinski definition) is 24. The summed E-state index contributed by atoms with van der Waals surface area (Å²) in [5.41, 5.74) is 0. The van der Waals surface area contributed by atoms with Crippen molar-refractivity contribution in [3.05, 3.63) is 0 Å². The Hall–Kier alpha value is -0.180. The smallest absolute Gasteiger partial charge is 0.187 e. The Morgan fingerprint density at radius 3 is 0.967 bits per heavy atom. The van der Waals surface area contributed by atoms with E-state index >= 15 is 0 Å². The Morgan fingerprint density at radius 2 is 0.633 bits per heavy atom. The highest BCUT2D eigenvalue weighted by molar-refractivity contribution is 8.76. The molecule has 0 aromatic rings.